The molecule has 0 unspecified atom stereocenters. The van der Waals surface area contributed by atoms with Gasteiger partial charge in [0.2, 0.25) is 0 Å². The predicted octanol–water partition coefficient (Wildman–Crippen LogP) is 5.10. The molecule has 3 aliphatic rings. The zero-order valence-electron chi connectivity index (χ0n) is 11.5. The zero-order chi connectivity index (χ0) is 14.5. The molecule has 0 saturated carbocycles. The Morgan fingerprint density at radius 1 is 0.773 bits per heavy atom. The standard InChI is InChI=1S/C16H10N4S2/c1-2-6-9(5-1)11-13-15(19-21-17-13)12(10-7-3-4-8-10)16-14(11)18-22-20-16/h1-5,7H,6,8H2. The molecule has 5 rings (SSSR count). The predicted molar refractivity (Wildman–Crippen MR) is 92.4 cm³/mol. The third-order valence-electron chi connectivity index (χ3n) is 4.11. The molecule has 22 heavy (non-hydrogen) atoms. The lowest BCUT2D eigenvalue weighted by molar-refractivity contribution is 1.38. The summed E-state index contributed by atoms with van der Waals surface area (Å²) in [5.74, 6) is 0. The van der Waals surface area contributed by atoms with Crippen molar-refractivity contribution in [2.75, 3.05) is 0 Å². The third-order valence-corrected chi connectivity index (χ3v) is 5.17. The SMILES string of the molecule is C1=CCC(c2c3c(c(C4=CC=CC4)c4nsnc24)N=S=N3)=C1. The van der Waals surface area contributed by atoms with Crippen molar-refractivity contribution in [3.8, 4) is 0 Å². The average Bonchev–Trinajstić information content (AvgIpc) is 3.29. The van der Waals surface area contributed by atoms with Gasteiger partial charge in [-0.3, -0.25) is 0 Å². The minimum Gasteiger partial charge on any atom is -0.172 e. The van der Waals surface area contributed by atoms with Gasteiger partial charge < -0.3 is 0 Å². The van der Waals surface area contributed by atoms with E-state index >= 15 is 0 Å². The van der Waals surface area contributed by atoms with Crippen molar-refractivity contribution in [2.24, 2.45) is 8.73 Å². The lowest BCUT2D eigenvalue weighted by atomic mass is 9.93. The number of nitrogens with zero attached hydrogens (tertiary/aromatic N) is 4. The number of benzene rings is 1. The lowest BCUT2D eigenvalue weighted by Crippen LogP contribution is -1.92. The highest BCUT2D eigenvalue weighted by Gasteiger charge is 2.27. The van der Waals surface area contributed by atoms with Gasteiger partial charge in [-0.15, -0.1) is 0 Å². The number of hydrogen-bond donors (Lipinski definition) is 0. The van der Waals surface area contributed by atoms with E-state index < -0.39 is 0 Å². The van der Waals surface area contributed by atoms with Crippen LogP contribution in [-0.2, 0) is 11.4 Å². The molecule has 1 aromatic heterocycles. The zero-order valence-corrected chi connectivity index (χ0v) is 13.1. The van der Waals surface area contributed by atoms with Gasteiger partial charge in [0.25, 0.3) is 0 Å². The fourth-order valence-electron chi connectivity index (χ4n) is 3.13. The highest BCUT2D eigenvalue weighted by atomic mass is 32.1. The highest BCUT2D eigenvalue weighted by Crippen LogP contribution is 2.50. The quantitative estimate of drug-likeness (QED) is 0.658. The first-order chi connectivity index (χ1) is 10.9. The van der Waals surface area contributed by atoms with E-state index in [2.05, 4.69) is 53.9 Å². The molecule has 2 aromatic rings. The molecule has 0 bridgehead atoms. The maximum absolute atomic E-state index is 4.58. The van der Waals surface area contributed by atoms with E-state index in [1.54, 1.807) is 0 Å². The molecule has 106 valence electrons. The van der Waals surface area contributed by atoms with Crippen LogP contribution in [0.2, 0.25) is 0 Å². The van der Waals surface area contributed by atoms with Gasteiger partial charge in [-0.25, -0.2) is 0 Å². The minimum atomic E-state index is 0.919. The fourth-order valence-corrected chi connectivity index (χ4v) is 4.25. The summed E-state index contributed by atoms with van der Waals surface area (Å²) in [5, 5.41) is 0. The van der Waals surface area contributed by atoms with Crippen molar-refractivity contribution in [3.05, 3.63) is 47.6 Å². The van der Waals surface area contributed by atoms with Gasteiger partial charge in [-0.2, -0.15) is 17.5 Å². The molecule has 2 heterocycles. The normalized spacial score (nSPS) is 18.0. The first-order valence-electron chi connectivity index (χ1n) is 7.06. The topological polar surface area (TPSA) is 50.5 Å². The van der Waals surface area contributed by atoms with Gasteiger partial charge in [0.1, 0.15) is 22.4 Å². The first-order valence-corrected chi connectivity index (χ1v) is 8.52. The molecule has 4 nitrogen and oxygen atoms in total. The van der Waals surface area contributed by atoms with Crippen molar-refractivity contribution >= 4 is 56.6 Å². The van der Waals surface area contributed by atoms with E-state index in [-0.39, 0.29) is 0 Å². The molecule has 0 N–H and O–H groups in total. The summed E-state index contributed by atoms with van der Waals surface area (Å²) in [7, 11) is 0. The van der Waals surface area contributed by atoms with Crippen LogP contribution < -0.4 is 0 Å². The molecule has 0 amide bonds. The molecule has 2 aliphatic carbocycles. The van der Waals surface area contributed by atoms with Crippen LogP contribution in [-0.4, -0.2) is 8.75 Å². The molecular weight excluding hydrogens is 312 g/mol. The first kappa shape index (κ1) is 12.4. The molecule has 0 fully saturated rings. The molecule has 6 heteroatoms. The Labute approximate surface area is 134 Å². The van der Waals surface area contributed by atoms with E-state index in [9.17, 15) is 0 Å². The molecule has 0 radical (unpaired) electrons. The van der Waals surface area contributed by atoms with Gasteiger partial charge in [0.15, 0.2) is 0 Å². The van der Waals surface area contributed by atoms with Crippen LogP contribution in [0.1, 0.15) is 24.0 Å². The van der Waals surface area contributed by atoms with Crippen LogP contribution in [0.25, 0.3) is 22.2 Å². The highest BCUT2D eigenvalue weighted by molar-refractivity contribution is 7.58. The average molecular weight is 322 g/mol. The summed E-state index contributed by atoms with van der Waals surface area (Å²) in [6.07, 6.45) is 14.6. The van der Waals surface area contributed by atoms with Crippen molar-refractivity contribution in [1.29, 1.82) is 0 Å². The Balaban J connectivity index is 1.88. The summed E-state index contributed by atoms with van der Waals surface area (Å²) < 4.78 is 18.3. The van der Waals surface area contributed by atoms with E-state index in [4.69, 9.17) is 0 Å². The van der Waals surface area contributed by atoms with Crippen LogP contribution in [0.15, 0.2) is 45.2 Å². The van der Waals surface area contributed by atoms with Crippen LogP contribution in [0, 0.1) is 0 Å². The van der Waals surface area contributed by atoms with Crippen molar-refractivity contribution in [2.45, 2.75) is 12.8 Å². The second-order valence-corrected chi connectivity index (χ2v) is 6.38. The van der Waals surface area contributed by atoms with Crippen LogP contribution in [0.4, 0.5) is 11.4 Å². The van der Waals surface area contributed by atoms with Crippen LogP contribution in [0.5, 0.6) is 0 Å². The van der Waals surface area contributed by atoms with Crippen molar-refractivity contribution < 1.29 is 0 Å². The summed E-state index contributed by atoms with van der Waals surface area (Å²) in [6.45, 7) is 0. The monoisotopic (exact) mass is 322 g/mol. The molecule has 1 aliphatic heterocycles. The van der Waals surface area contributed by atoms with Gasteiger partial charge in [-0.1, -0.05) is 36.5 Å². The largest absolute Gasteiger partial charge is 0.172 e. The molecule has 0 saturated heterocycles. The summed E-state index contributed by atoms with van der Waals surface area (Å²) in [5.41, 5.74) is 8.55. The Morgan fingerprint density at radius 2 is 1.32 bits per heavy atom. The maximum atomic E-state index is 4.58. The molecule has 0 atom stereocenters. The maximum Gasteiger partial charge on any atom is 0.115 e. The van der Waals surface area contributed by atoms with Gasteiger partial charge in [-0.05, 0) is 24.0 Å². The summed E-state index contributed by atoms with van der Waals surface area (Å²) in [6, 6.07) is 0. The Hall–Kier alpha value is -2.18. The Bertz CT molecular complexity index is 938. The molecule has 1 aromatic carbocycles. The van der Waals surface area contributed by atoms with E-state index in [1.165, 1.54) is 34.2 Å². The number of aromatic nitrogens is 2. The smallest absolute Gasteiger partial charge is 0.115 e. The van der Waals surface area contributed by atoms with Crippen LogP contribution >= 0.6 is 11.7 Å². The van der Waals surface area contributed by atoms with Crippen LogP contribution in [0.3, 0.4) is 0 Å². The third kappa shape index (κ3) is 1.62. The summed E-state index contributed by atoms with van der Waals surface area (Å²) >= 11 is 2.53. The Kier molecular flexibility index (Phi) is 2.62. The number of allylic oxidation sites excluding steroid dienone is 8. The molecule has 0 spiro atoms. The van der Waals surface area contributed by atoms with Crippen molar-refractivity contribution in [1.82, 2.24) is 8.75 Å². The number of fused-ring (bicyclic) bond motifs is 2. The second-order valence-electron chi connectivity index (χ2n) is 5.32. The number of rotatable bonds is 2. The van der Waals surface area contributed by atoms with E-state index in [1.807, 2.05) is 0 Å². The Morgan fingerprint density at radius 3 is 1.77 bits per heavy atom. The lowest BCUT2D eigenvalue weighted by Gasteiger charge is -2.12. The second kappa shape index (κ2) is 4.66. The van der Waals surface area contributed by atoms with Gasteiger partial charge >= 0.3 is 0 Å². The number of hydrogen-bond acceptors (Lipinski definition) is 5. The van der Waals surface area contributed by atoms with Crippen molar-refractivity contribution in [3.63, 3.8) is 0 Å². The van der Waals surface area contributed by atoms with E-state index in [0.717, 1.165) is 46.4 Å². The minimum absolute atomic E-state index is 0.919. The van der Waals surface area contributed by atoms with Gasteiger partial charge in [0.05, 0.1) is 23.1 Å². The molecular formula is C16H10N4S2. The fraction of sp³-hybridized carbons (Fsp3) is 0.125. The van der Waals surface area contributed by atoms with Gasteiger partial charge in [0, 0.05) is 11.1 Å². The summed E-state index contributed by atoms with van der Waals surface area (Å²) in [4.78, 5) is 0. The van der Waals surface area contributed by atoms with E-state index in [0.29, 0.717) is 0 Å².